The van der Waals surface area contributed by atoms with Gasteiger partial charge in [-0.25, -0.2) is 9.97 Å². The van der Waals surface area contributed by atoms with Gasteiger partial charge in [0, 0.05) is 24.8 Å². The minimum absolute atomic E-state index is 0.269. The number of hydrogen-bond acceptors (Lipinski definition) is 5. The second kappa shape index (κ2) is 6.62. The van der Waals surface area contributed by atoms with E-state index >= 15 is 0 Å². The summed E-state index contributed by atoms with van der Waals surface area (Å²) in [6.07, 6.45) is 7.09. The molecule has 0 spiro atoms. The third-order valence-corrected chi connectivity index (χ3v) is 4.32. The Morgan fingerprint density at radius 1 is 1.23 bits per heavy atom. The zero-order valence-corrected chi connectivity index (χ0v) is 12.9. The van der Waals surface area contributed by atoms with Gasteiger partial charge in [0.15, 0.2) is 5.65 Å². The predicted octanol–water partition coefficient (Wildman–Crippen LogP) is 3.13. The van der Waals surface area contributed by atoms with Crippen molar-refractivity contribution in [1.29, 1.82) is 0 Å². The van der Waals surface area contributed by atoms with E-state index in [1.165, 1.54) is 11.8 Å². The van der Waals surface area contributed by atoms with Crippen LogP contribution in [-0.4, -0.2) is 26.9 Å². The predicted molar refractivity (Wildman–Crippen MR) is 84.7 cm³/mol. The largest absolute Gasteiger partial charge is 0.465 e. The molecule has 0 saturated carbocycles. The molecule has 1 atom stereocenters. The summed E-state index contributed by atoms with van der Waals surface area (Å²) in [6.45, 7) is 2.15. The Kier molecular flexibility index (Phi) is 4.39. The first kappa shape index (κ1) is 14.6. The van der Waals surface area contributed by atoms with Gasteiger partial charge in [0.25, 0.3) is 0 Å². The zero-order valence-electron chi connectivity index (χ0n) is 12.0. The number of aromatic nitrogens is 3. The molecule has 0 bridgehead atoms. The maximum atomic E-state index is 12.3. The van der Waals surface area contributed by atoms with Gasteiger partial charge in [-0.15, -0.1) is 0 Å². The first-order chi connectivity index (χ1) is 10.8. The smallest absolute Gasteiger partial charge is 0.324 e. The molecular formula is C16H15N3O2S. The van der Waals surface area contributed by atoms with Crippen LogP contribution in [0.25, 0.3) is 5.65 Å². The number of thioether (sulfide) groups is 1. The minimum Gasteiger partial charge on any atom is -0.465 e. The highest BCUT2D eigenvalue weighted by atomic mass is 32.2. The lowest BCUT2D eigenvalue weighted by atomic mass is 10.1. The molecule has 0 unspecified atom stereocenters. The van der Waals surface area contributed by atoms with Crippen LogP contribution in [-0.2, 0) is 9.53 Å². The number of fused-ring (bicyclic) bond motifs is 1. The van der Waals surface area contributed by atoms with Crippen molar-refractivity contribution >= 4 is 23.4 Å². The Bertz CT molecular complexity index is 773. The average molecular weight is 313 g/mol. The maximum Gasteiger partial charge on any atom is 0.324 e. The monoisotopic (exact) mass is 313 g/mol. The molecular weight excluding hydrogens is 298 g/mol. The fourth-order valence-corrected chi connectivity index (χ4v) is 3.19. The number of benzene rings is 1. The molecule has 0 aliphatic carbocycles. The van der Waals surface area contributed by atoms with Crippen LogP contribution in [0.15, 0.2) is 60.1 Å². The number of carbonyl (C=O) groups excluding carboxylic acids is 1. The summed E-state index contributed by atoms with van der Waals surface area (Å²) in [6, 6.07) is 9.57. The topological polar surface area (TPSA) is 56.5 Å². The molecule has 5 nitrogen and oxygen atoms in total. The van der Waals surface area contributed by atoms with Crippen molar-refractivity contribution in [1.82, 2.24) is 14.4 Å². The van der Waals surface area contributed by atoms with Gasteiger partial charge in [0.2, 0.25) is 0 Å². The second-order valence-corrected chi connectivity index (χ2v) is 5.64. The first-order valence-electron chi connectivity index (χ1n) is 6.95. The normalized spacial score (nSPS) is 12.2. The lowest BCUT2D eigenvalue weighted by Gasteiger charge is -2.15. The Balaban J connectivity index is 1.96. The van der Waals surface area contributed by atoms with E-state index in [4.69, 9.17) is 4.74 Å². The van der Waals surface area contributed by atoms with Crippen molar-refractivity contribution < 1.29 is 9.53 Å². The Morgan fingerprint density at radius 3 is 2.68 bits per heavy atom. The van der Waals surface area contributed by atoms with E-state index in [0.29, 0.717) is 11.6 Å². The van der Waals surface area contributed by atoms with Crippen LogP contribution in [0.5, 0.6) is 0 Å². The van der Waals surface area contributed by atoms with Crippen LogP contribution >= 0.6 is 11.8 Å². The lowest BCUT2D eigenvalue weighted by Crippen LogP contribution is -2.13. The van der Waals surface area contributed by atoms with Crippen molar-refractivity contribution in [3.63, 3.8) is 0 Å². The highest BCUT2D eigenvalue weighted by Crippen LogP contribution is 2.36. The fraction of sp³-hybridized carbons (Fsp3) is 0.188. The van der Waals surface area contributed by atoms with Crippen molar-refractivity contribution in [2.45, 2.75) is 17.2 Å². The van der Waals surface area contributed by atoms with Gasteiger partial charge in [-0.05, 0) is 12.5 Å². The lowest BCUT2D eigenvalue weighted by molar-refractivity contribution is -0.142. The van der Waals surface area contributed by atoms with Crippen molar-refractivity contribution in [3.05, 3.63) is 60.7 Å². The molecule has 2 heterocycles. The summed E-state index contributed by atoms with van der Waals surface area (Å²) in [5.74, 6) is -0.269. The summed E-state index contributed by atoms with van der Waals surface area (Å²) in [4.78, 5) is 21.0. The highest BCUT2D eigenvalue weighted by Gasteiger charge is 2.25. The van der Waals surface area contributed by atoms with Crippen LogP contribution in [0.1, 0.15) is 17.7 Å². The summed E-state index contributed by atoms with van der Waals surface area (Å²) >= 11 is 1.35. The van der Waals surface area contributed by atoms with Gasteiger partial charge >= 0.3 is 5.97 Å². The number of carbonyl (C=O) groups is 1. The quantitative estimate of drug-likeness (QED) is 0.535. The minimum atomic E-state index is -0.462. The third-order valence-electron chi connectivity index (χ3n) is 3.11. The van der Waals surface area contributed by atoms with Crippen molar-refractivity contribution in [2.75, 3.05) is 6.61 Å². The van der Waals surface area contributed by atoms with Crippen LogP contribution in [0.3, 0.4) is 0 Å². The van der Waals surface area contributed by atoms with Gasteiger partial charge in [0.05, 0.1) is 6.61 Å². The number of hydrogen-bond donors (Lipinski definition) is 0. The van der Waals surface area contributed by atoms with Gasteiger partial charge in [-0.3, -0.25) is 4.79 Å². The standard InChI is InChI=1S/C16H15N3O2S/c1-2-21-16(20)13(12-6-4-3-5-7-12)22-15-14-17-8-10-19(14)11-9-18-15/h3-11,13H,2H2,1H3/t13-/m0/s1. The molecule has 0 aliphatic rings. The SMILES string of the molecule is CCOC(=O)[C@@H](Sc1nccn2ccnc12)c1ccccc1. The van der Waals surface area contributed by atoms with Gasteiger partial charge < -0.3 is 9.14 Å². The molecule has 112 valence electrons. The summed E-state index contributed by atoms with van der Waals surface area (Å²) in [7, 11) is 0. The average Bonchev–Trinajstić information content (AvgIpc) is 3.03. The maximum absolute atomic E-state index is 12.3. The van der Waals surface area contributed by atoms with Crippen molar-refractivity contribution in [2.24, 2.45) is 0 Å². The highest BCUT2D eigenvalue weighted by molar-refractivity contribution is 8.00. The van der Waals surface area contributed by atoms with Gasteiger partial charge in [-0.2, -0.15) is 0 Å². The number of rotatable bonds is 5. The molecule has 1 aromatic carbocycles. The van der Waals surface area contributed by atoms with E-state index in [1.54, 1.807) is 19.3 Å². The summed E-state index contributed by atoms with van der Waals surface area (Å²) in [5.41, 5.74) is 1.62. The fourth-order valence-electron chi connectivity index (χ4n) is 2.12. The zero-order chi connectivity index (χ0) is 15.4. The Hall–Kier alpha value is -2.34. The molecule has 6 heteroatoms. The Labute approximate surface area is 132 Å². The van der Waals surface area contributed by atoms with Crippen LogP contribution < -0.4 is 0 Å². The van der Waals surface area contributed by atoms with E-state index in [0.717, 1.165) is 11.2 Å². The van der Waals surface area contributed by atoms with E-state index < -0.39 is 5.25 Å². The van der Waals surface area contributed by atoms with E-state index in [2.05, 4.69) is 9.97 Å². The molecule has 22 heavy (non-hydrogen) atoms. The molecule has 3 aromatic rings. The number of ether oxygens (including phenoxy) is 1. The van der Waals surface area contributed by atoms with E-state index in [1.807, 2.05) is 47.1 Å². The molecule has 0 N–H and O–H groups in total. The molecule has 0 amide bonds. The van der Waals surface area contributed by atoms with E-state index in [9.17, 15) is 4.79 Å². The third kappa shape index (κ3) is 2.96. The van der Waals surface area contributed by atoms with Gasteiger partial charge in [-0.1, -0.05) is 42.1 Å². The molecule has 0 radical (unpaired) electrons. The number of nitrogens with zero attached hydrogens (tertiary/aromatic N) is 3. The molecule has 3 rings (SSSR count). The van der Waals surface area contributed by atoms with Crippen LogP contribution in [0.4, 0.5) is 0 Å². The molecule has 0 saturated heterocycles. The Morgan fingerprint density at radius 2 is 1.95 bits per heavy atom. The number of imidazole rings is 1. The van der Waals surface area contributed by atoms with Crippen molar-refractivity contribution in [3.8, 4) is 0 Å². The van der Waals surface area contributed by atoms with Crippen LogP contribution in [0, 0.1) is 0 Å². The summed E-state index contributed by atoms with van der Waals surface area (Å²) < 4.78 is 7.09. The van der Waals surface area contributed by atoms with Gasteiger partial charge in [0.1, 0.15) is 10.3 Å². The summed E-state index contributed by atoms with van der Waals surface area (Å²) in [5, 5.41) is 0.242. The van der Waals surface area contributed by atoms with E-state index in [-0.39, 0.29) is 5.97 Å². The number of esters is 1. The molecule has 0 aliphatic heterocycles. The molecule has 2 aromatic heterocycles. The van der Waals surface area contributed by atoms with Crippen LogP contribution in [0.2, 0.25) is 0 Å². The first-order valence-corrected chi connectivity index (χ1v) is 7.83. The second-order valence-electron chi connectivity index (χ2n) is 4.55. The molecule has 0 fully saturated rings.